The third kappa shape index (κ3) is 5.07. The van der Waals surface area contributed by atoms with Crippen LogP contribution in [0, 0.1) is 5.41 Å². The summed E-state index contributed by atoms with van der Waals surface area (Å²) in [6.07, 6.45) is 6.43. The molecule has 1 saturated heterocycles. The lowest BCUT2D eigenvalue weighted by atomic mass is 10.1. The number of nitrogens with one attached hydrogen (secondary N) is 3. The fourth-order valence-corrected chi connectivity index (χ4v) is 3.16. The number of aromatic nitrogens is 2. The Labute approximate surface area is 159 Å². The van der Waals surface area contributed by atoms with Gasteiger partial charge >= 0.3 is 0 Å². The van der Waals surface area contributed by atoms with Crippen LogP contribution in [0.3, 0.4) is 0 Å². The van der Waals surface area contributed by atoms with Crippen LogP contribution in [0.15, 0.2) is 24.4 Å². The van der Waals surface area contributed by atoms with E-state index in [4.69, 9.17) is 15.9 Å². The first kappa shape index (κ1) is 18.9. The van der Waals surface area contributed by atoms with E-state index in [2.05, 4.69) is 25.5 Å². The lowest BCUT2D eigenvalue weighted by Gasteiger charge is -2.16. The number of nitrogens with zero attached hydrogens (tertiary/aromatic N) is 3. The molecule has 3 rings (SSSR count). The fraction of sp³-hybridized carbons (Fsp3) is 0.421. The standard InChI is InChI=1S/C19H27N7O/c1-22-18-5-6-23-19(25-18)24-14-11-16(21)15(13-20)17(12-14)27-10-4-9-26-7-2-3-8-26/h5-6,11-13,20H,2-4,7-10,21H2,1H3,(H2,22,23,24,25). The molecule has 1 aromatic carbocycles. The highest BCUT2D eigenvalue weighted by molar-refractivity contribution is 5.90. The van der Waals surface area contributed by atoms with Crippen LogP contribution < -0.4 is 21.1 Å². The van der Waals surface area contributed by atoms with E-state index in [1.54, 1.807) is 25.4 Å². The van der Waals surface area contributed by atoms with Crippen LogP contribution in [0.1, 0.15) is 24.8 Å². The van der Waals surface area contributed by atoms with Crippen LogP contribution in [0.4, 0.5) is 23.1 Å². The van der Waals surface area contributed by atoms with Crippen molar-refractivity contribution >= 4 is 29.4 Å². The summed E-state index contributed by atoms with van der Waals surface area (Å²) in [6.45, 7) is 4.00. The Bertz CT molecular complexity index is 775. The average molecular weight is 369 g/mol. The van der Waals surface area contributed by atoms with Gasteiger partial charge in [-0.05, 0) is 44.5 Å². The van der Waals surface area contributed by atoms with E-state index in [0.29, 0.717) is 29.6 Å². The number of hydrogen-bond acceptors (Lipinski definition) is 8. The predicted octanol–water partition coefficient (Wildman–Crippen LogP) is 2.71. The van der Waals surface area contributed by atoms with Gasteiger partial charge in [0, 0.05) is 43.4 Å². The van der Waals surface area contributed by atoms with Crippen molar-refractivity contribution in [3.63, 3.8) is 0 Å². The molecule has 8 heteroatoms. The maximum absolute atomic E-state index is 7.64. The fourth-order valence-electron chi connectivity index (χ4n) is 3.16. The van der Waals surface area contributed by atoms with Gasteiger partial charge in [0.05, 0.1) is 12.2 Å². The molecule has 0 aliphatic carbocycles. The minimum absolute atomic E-state index is 0.462. The second kappa shape index (κ2) is 9.18. The van der Waals surface area contributed by atoms with Crippen molar-refractivity contribution in [2.24, 2.45) is 0 Å². The SMILES string of the molecule is CNc1ccnc(Nc2cc(N)c(C=N)c(OCCCN3CCCC3)c2)n1. The van der Waals surface area contributed by atoms with E-state index in [9.17, 15) is 0 Å². The molecule has 2 heterocycles. The number of nitrogens with two attached hydrogens (primary N) is 1. The van der Waals surface area contributed by atoms with Gasteiger partial charge < -0.3 is 31.4 Å². The van der Waals surface area contributed by atoms with Crippen molar-refractivity contribution in [1.29, 1.82) is 5.41 Å². The molecule has 0 atom stereocenters. The molecule has 1 aliphatic heterocycles. The molecule has 1 aliphatic rings. The summed E-state index contributed by atoms with van der Waals surface area (Å²) in [5, 5.41) is 13.8. The normalized spacial score (nSPS) is 14.1. The van der Waals surface area contributed by atoms with Crippen LogP contribution >= 0.6 is 0 Å². The molecule has 1 aromatic heterocycles. The van der Waals surface area contributed by atoms with E-state index >= 15 is 0 Å². The largest absolute Gasteiger partial charge is 0.493 e. The third-order valence-electron chi connectivity index (χ3n) is 4.56. The number of rotatable bonds is 9. The Balaban J connectivity index is 1.67. The molecule has 0 unspecified atom stereocenters. The molecule has 144 valence electrons. The molecule has 2 aromatic rings. The molecule has 0 spiro atoms. The molecule has 0 bridgehead atoms. The summed E-state index contributed by atoms with van der Waals surface area (Å²) in [5.74, 6) is 1.78. The summed E-state index contributed by atoms with van der Waals surface area (Å²) in [6, 6.07) is 5.38. The lowest BCUT2D eigenvalue weighted by Crippen LogP contribution is -2.22. The molecule has 1 fully saturated rings. The van der Waals surface area contributed by atoms with Crippen molar-refractivity contribution in [2.45, 2.75) is 19.3 Å². The van der Waals surface area contributed by atoms with E-state index in [1.807, 2.05) is 6.07 Å². The monoisotopic (exact) mass is 369 g/mol. The van der Waals surface area contributed by atoms with Crippen molar-refractivity contribution in [2.75, 3.05) is 49.7 Å². The maximum atomic E-state index is 7.64. The van der Waals surface area contributed by atoms with Gasteiger partial charge in [0.15, 0.2) is 0 Å². The third-order valence-corrected chi connectivity index (χ3v) is 4.56. The smallest absolute Gasteiger partial charge is 0.229 e. The van der Waals surface area contributed by atoms with Gasteiger partial charge in [0.1, 0.15) is 11.6 Å². The molecule has 5 N–H and O–H groups in total. The van der Waals surface area contributed by atoms with Gasteiger partial charge in [-0.1, -0.05) is 0 Å². The van der Waals surface area contributed by atoms with Crippen molar-refractivity contribution in [1.82, 2.24) is 14.9 Å². The van der Waals surface area contributed by atoms with Crippen LogP contribution in [-0.4, -0.2) is 54.4 Å². The highest BCUT2D eigenvalue weighted by Crippen LogP contribution is 2.29. The van der Waals surface area contributed by atoms with Crippen LogP contribution in [0.2, 0.25) is 0 Å². The van der Waals surface area contributed by atoms with Gasteiger partial charge in [-0.3, -0.25) is 0 Å². The van der Waals surface area contributed by atoms with Crippen LogP contribution in [0.25, 0.3) is 0 Å². The molecule has 0 amide bonds. The zero-order valence-corrected chi connectivity index (χ0v) is 15.7. The van der Waals surface area contributed by atoms with Gasteiger partial charge in [-0.15, -0.1) is 0 Å². The first-order valence-corrected chi connectivity index (χ1v) is 9.26. The molecular weight excluding hydrogens is 342 g/mol. The first-order valence-electron chi connectivity index (χ1n) is 9.26. The quantitative estimate of drug-likeness (QED) is 0.305. The summed E-state index contributed by atoms with van der Waals surface area (Å²) < 4.78 is 5.94. The zero-order chi connectivity index (χ0) is 19.1. The average Bonchev–Trinajstić information content (AvgIpc) is 3.19. The summed E-state index contributed by atoms with van der Waals surface area (Å²) in [7, 11) is 1.80. The lowest BCUT2D eigenvalue weighted by molar-refractivity contribution is 0.263. The molecule has 0 saturated carbocycles. The molecule has 27 heavy (non-hydrogen) atoms. The number of ether oxygens (including phenoxy) is 1. The predicted molar refractivity (Wildman–Crippen MR) is 109 cm³/mol. The zero-order valence-electron chi connectivity index (χ0n) is 15.7. The number of likely N-dealkylation sites (tertiary alicyclic amines) is 1. The highest BCUT2D eigenvalue weighted by Gasteiger charge is 2.12. The number of anilines is 4. The molecular formula is C19H27N7O. The van der Waals surface area contributed by atoms with Crippen molar-refractivity contribution in [3.8, 4) is 5.75 Å². The second-order valence-electron chi connectivity index (χ2n) is 6.51. The van der Waals surface area contributed by atoms with Gasteiger partial charge in [-0.2, -0.15) is 4.98 Å². The minimum Gasteiger partial charge on any atom is -0.493 e. The number of benzene rings is 1. The molecule has 8 nitrogen and oxygen atoms in total. The topological polar surface area (TPSA) is 112 Å². The minimum atomic E-state index is 0.462. The van der Waals surface area contributed by atoms with Gasteiger partial charge in [-0.25, -0.2) is 4.98 Å². The van der Waals surface area contributed by atoms with E-state index in [0.717, 1.165) is 24.5 Å². The van der Waals surface area contributed by atoms with E-state index in [1.165, 1.54) is 32.1 Å². The highest BCUT2D eigenvalue weighted by atomic mass is 16.5. The summed E-state index contributed by atoms with van der Waals surface area (Å²) >= 11 is 0. The Kier molecular flexibility index (Phi) is 6.43. The summed E-state index contributed by atoms with van der Waals surface area (Å²) in [5.41, 5.74) is 7.91. The Morgan fingerprint density at radius 1 is 1.33 bits per heavy atom. The van der Waals surface area contributed by atoms with Crippen LogP contribution in [0.5, 0.6) is 5.75 Å². The first-order chi connectivity index (χ1) is 13.2. The van der Waals surface area contributed by atoms with E-state index < -0.39 is 0 Å². The van der Waals surface area contributed by atoms with Gasteiger partial charge in [0.2, 0.25) is 5.95 Å². The summed E-state index contributed by atoms with van der Waals surface area (Å²) in [4.78, 5) is 11.0. The molecule has 0 radical (unpaired) electrons. The maximum Gasteiger partial charge on any atom is 0.229 e. The van der Waals surface area contributed by atoms with Crippen molar-refractivity contribution in [3.05, 3.63) is 30.0 Å². The van der Waals surface area contributed by atoms with E-state index in [-0.39, 0.29) is 0 Å². The second-order valence-corrected chi connectivity index (χ2v) is 6.51. The van der Waals surface area contributed by atoms with Crippen LogP contribution in [-0.2, 0) is 0 Å². The number of hydrogen-bond donors (Lipinski definition) is 4. The Morgan fingerprint density at radius 2 is 2.15 bits per heavy atom. The van der Waals surface area contributed by atoms with Gasteiger partial charge in [0.25, 0.3) is 0 Å². The van der Waals surface area contributed by atoms with Crippen molar-refractivity contribution < 1.29 is 4.74 Å². The number of nitrogen functional groups attached to an aromatic ring is 1. The Hall–Kier alpha value is -2.87. The Morgan fingerprint density at radius 3 is 2.89 bits per heavy atom.